The topological polar surface area (TPSA) is 78.4 Å². The number of halogens is 4. The molecule has 0 radical (unpaired) electrons. The molecule has 33 heavy (non-hydrogen) atoms. The van der Waals surface area contributed by atoms with Gasteiger partial charge in [0.2, 0.25) is 5.91 Å². The van der Waals surface area contributed by atoms with Crippen LogP contribution in [0, 0.1) is 5.41 Å². The number of carbonyl (C=O) groups excluding carboxylic acids is 1. The molecule has 2 aromatic rings. The van der Waals surface area contributed by atoms with Crippen molar-refractivity contribution in [3.05, 3.63) is 64.2 Å². The molecule has 5 nitrogen and oxygen atoms in total. The first kappa shape index (κ1) is 23.6. The summed E-state index contributed by atoms with van der Waals surface area (Å²) in [4.78, 5) is 26.0. The third-order valence-corrected chi connectivity index (χ3v) is 6.70. The van der Waals surface area contributed by atoms with Crippen LogP contribution in [0.5, 0.6) is 0 Å². The van der Waals surface area contributed by atoms with Gasteiger partial charge in [0.1, 0.15) is 11.5 Å². The van der Waals surface area contributed by atoms with E-state index < -0.39 is 47.0 Å². The number of anilines is 1. The second kappa shape index (κ2) is 7.74. The number of alkyl halides is 3. The Hall–Kier alpha value is -2.58. The summed E-state index contributed by atoms with van der Waals surface area (Å²) in [7, 11) is 0. The van der Waals surface area contributed by atoms with Crippen molar-refractivity contribution in [3.8, 4) is 0 Å². The van der Waals surface area contributed by atoms with Gasteiger partial charge in [0.15, 0.2) is 0 Å². The van der Waals surface area contributed by atoms with Crippen LogP contribution in [-0.4, -0.2) is 29.1 Å². The fourth-order valence-corrected chi connectivity index (χ4v) is 5.49. The lowest BCUT2D eigenvalue weighted by Gasteiger charge is -2.37. The van der Waals surface area contributed by atoms with Crippen LogP contribution in [0.25, 0.3) is 0 Å². The van der Waals surface area contributed by atoms with Crippen LogP contribution in [0.15, 0.2) is 42.5 Å². The predicted octanol–water partition coefficient (Wildman–Crippen LogP) is 5.19. The van der Waals surface area contributed by atoms with Gasteiger partial charge in [-0.1, -0.05) is 56.6 Å². The molecule has 0 aliphatic carbocycles. The molecule has 1 spiro atoms. The van der Waals surface area contributed by atoms with E-state index in [0.29, 0.717) is 22.7 Å². The fourth-order valence-electron chi connectivity index (χ4n) is 5.32. The monoisotopic (exact) mass is 480 g/mol. The third kappa shape index (κ3) is 3.89. The Labute approximate surface area is 194 Å². The largest absolute Gasteiger partial charge is 0.480 e. The SMILES string of the molecule is CC(C)(C)C[C@H]1N[C@@H](C(=O)O)[C@H](c2cccc(C(F)(F)F)c2)[C@@]12C(=O)Nc1cc(Cl)ccc12. The third-order valence-electron chi connectivity index (χ3n) is 6.46. The van der Waals surface area contributed by atoms with E-state index in [9.17, 15) is 27.9 Å². The van der Waals surface area contributed by atoms with E-state index in [1.165, 1.54) is 12.1 Å². The Morgan fingerprint density at radius 2 is 1.85 bits per heavy atom. The summed E-state index contributed by atoms with van der Waals surface area (Å²) in [6.07, 6.45) is -4.19. The number of rotatable bonds is 3. The minimum absolute atomic E-state index is 0.138. The standard InChI is InChI=1S/C24H24ClF3N2O3/c1-22(2,3)11-17-23(15-8-7-14(25)10-16(15)29-21(23)33)18(19(30-17)20(31)32)12-5-4-6-13(9-12)24(26,27)28/h4-10,17-19,30H,11H2,1-3H3,(H,29,33)(H,31,32)/t17-,18+,19-,23+/m1/s1. The summed E-state index contributed by atoms with van der Waals surface area (Å²) in [6.45, 7) is 5.89. The molecule has 0 unspecified atom stereocenters. The van der Waals surface area contributed by atoms with Crippen molar-refractivity contribution in [2.45, 2.75) is 56.8 Å². The van der Waals surface area contributed by atoms with E-state index in [4.69, 9.17) is 11.6 Å². The maximum atomic E-state index is 13.7. The van der Waals surface area contributed by atoms with Gasteiger partial charge in [-0.05, 0) is 41.2 Å². The molecule has 2 aliphatic rings. The number of carboxylic acids is 1. The summed E-state index contributed by atoms with van der Waals surface area (Å²) in [5.74, 6) is -2.76. The molecule has 2 aromatic carbocycles. The van der Waals surface area contributed by atoms with E-state index in [0.717, 1.165) is 12.1 Å². The lowest BCUT2D eigenvalue weighted by atomic mass is 9.62. The van der Waals surface area contributed by atoms with Crippen LogP contribution < -0.4 is 10.6 Å². The molecule has 4 rings (SSSR count). The van der Waals surface area contributed by atoms with Gasteiger partial charge in [0, 0.05) is 22.7 Å². The number of aliphatic carboxylic acids is 1. The maximum Gasteiger partial charge on any atom is 0.416 e. The van der Waals surface area contributed by atoms with Gasteiger partial charge in [-0.2, -0.15) is 13.2 Å². The Balaban J connectivity index is 2.00. The Morgan fingerprint density at radius 1 is 1.15 bits per heavy atom. The quantitative estimate of drug-likeness (QED) is 0.564. The van der Waals surface area contributed by atoms with E-state index >= 15 is 0 Å². The second-order valence-corrected chi connectivity index (χ2v) is 10.4. The first-order valence-electron chi connectivity index (χ1n) is 10.5. The van der Waals surface area contributed by atoms with E-state index in [1.807, 2.05) is 20.8 Å². The fraction of sp³-hybridized carbons (Fsp3) is 0.417. The summed E-state index contributed by atoms with van der Waals surface area (Å²) in [5, 5.41) is 16.4. The number of hydrogen-bond acceptors (Lipinski definition) is 3. The zero-order chi connectivity index (χ0) is 24.3. The molecular formula is C24H24ClF3N2O3. The number of fused-ring (bicyclic) bond motifs is 2. The molecule has 176 valence electrons. The highest BCUT2D eigenvalue weighted by Crippen LogP contribution is 2.56. The normalized spacial score (nSPS) is 27.0. The molecule has 9 heteroatoms. The molecule has 1 fully saturated rings. The van der Waals surface area contributed by atoms with Crippen molar-refractivity contribution in [3.63, 3.8) is 0 Å². The van der Waals surface area contributed by atoms with Gasteiger partial charge in [-0.15, -0.1) is 0 Å². The summed E-state index contributed by atoms with van der Waals surface area (Å²) < 4.78 is 40.5. The lowest BCUT2D eigenvalue weighted by molar-refractivity contribution is -0.139. The maximum absolute atomic E-state index is 13.7. The van der Waals surface area contributed by atoms with Crippen molar-refractivity contribution in [1.82, 2.24) is 5.32 Å². The molecule has 4 atom stereocenters. The van der Waals surface area contributed by atoms with Crippen LogP contribution >= 0.6 is 11.6 Å². The number of hydrogen-bond donors (Lipinski definition) is 3. The summed E-state index contributed by atoms with van der Waals surface area (Å²) in [6, 6.07) is 7.53. The highest BCUT2D eigenvalue weighted by molar-refractivity contribution is 6.31. The zero-order valence-corrected chi connectivity index (χ0v) is 19.0. The highest BCUT2D eigenvalue weighted by Gasteiger charge is 2.66. The zero-order valence-electron chi connectivity index (χ0n) is 18.3. The first-order chi connectivity index (χ1) is 15.2. The van der Waals surface area contributed by atoms with Crippen LogP contribution in [0.2, 0.25) is 5.02 Å². The molecule has 0 aromatic heterocycles. The number of nitrogens with one attached hydrogen (secondary N) is 2. The Kier molecular flexibility index (Phi) is 5.53. The molecule has 1 amide bonds. The van der Waals surface area contributed by atoms with E-state index in [1.54, 1.807) is 18.2 Å². The van der Waals surface area contributed by atoms with E-state index in [2.05, 4.69) is 10.6 Å². The van der Waals surface area contributed by atoms with Gasteiger partial charge >= 0.3 is 12.1 Å². The van der Waals surface area contributed by atoms with E-state index in [-0.39, 0.29) is 11.0 Å². The van der Waals surface area contributed by atoms with Crippen molar-refractivity contribution in [2.75, 3.05) is 5.32 Å². The van der Waals surface area contributed by atoms with Crippen LogP contribution in [0.3, 0.4) is 0 Å². The van der Waals surface area contributed by atoms with Gasteiger partial charge in [0.05, 0.1) is 5.56 Å². The average Bonchev–Trinajstić information content (AvgIpc) is 3.16. The highest BCUT2D eigenvalue weighted by atomic mass is 35.5. The number of carboxylic acid groups (broad SMARTS) is 1. The number of carbonyl (C=O) groups is 2. The first-order valence-corrected chi connectivity index (χ1v) is 10.9. The van der Waals surface area contributed by atoms with Gasteiger partial charge in [-0.3, -0.25) is 14.9 Å². The Bertz CT molecular complexity index is 1130. The second-order valence-electron chi connectivity index (χ2n) is 9.91. The van der Waals surface area contributed by atoms with Gasteiger partial charge in [0.25, 0.3) is 0 Å². The summed E-state index contributed by atoms with van der Waals surface area (Å²) in [5.41, 5.74) is -1.51. The minimum Gasteiger partial charge on any atom is -0.480 e. The van der Waals surface area contributed by atoms with Gasteiger partial charge < -0.3 is 10.4 Å². The molecule has 3 N–H and O–H groups in total. The van der Waals surface area contributed by atoms with Crippen LogP contribution in [0.1, 0.15) is 49.8 Å². The number of benzene rings is 2. The van der Waals surface area contributed by atoms with Crippen molar-refractivity contribution in [2.24, 2.45) is 5.41 Å². The van der Waals surface area contributed by atoms with Crippen molar-refractivity contribution in [1.29, 1.82) is 0 Å². The smallest absolute Gasteiger partial charge is 0.416 e. The molecule has 0 saturated carbocycles. The van der Waals surface area contributed by atoms with Crippen LogP contribution in [0.4, 0.5) is 18.9 Å². The molecule has 0 bridgehead atoms. The van der Waals surface area contributed by atoms with Crippen molar-refractivity contribution >= 4 is 29.2 Å². The van der Waals surface area contributed by atoms with Crippen LogP contribution in [-0.2, 0) is 21.2 Å². The van der Waals surface area contributed by atoms with Gasteiger partial charge in [-0.25, -0.2) is 0 Å². The number of amides is 1. The molecule has 2 heterocycles. The Morgan fingerprint density at radius 3 is 2.45 bits per heavy atom. The van der Waals surface area contributed by atoms with Crippen molar-refractivity contribution < 1.29 is 27.9 Å². The predicted molar refractivity (Wildman–Crippen MR) is 118 cm³/mol. The summed E-state index contributed by atoms with van der Waals surface area (Å²) >= 11 is 6.13. The average molecular weight is 481 g/mol. The minimum atomic E-state index is -4.61. The molecular weight excluding hydrogens is 457 g/mol. The molecule has 1 saturated heterocycles. The molecule has 2 aliphatic heterocycles. The lowest BCUT2D eigenvalue weighted by Crippen LogP contribution is -2.49.